The fourth-order valence-corrected chi connectivity index (χ4v) is 1.66. The number of amides is 2. The number of carbonyl (C=O) groups is 2. The molecule has 0 saturated heterocycles. The molecule has 118 valence electrons. The molecule has 0 unspecified atom stereocenters. The maximum absolute atomic E-state index is 11.7. The number of halogens is 1. The highest BCUT2D eigenvalue weighted by molar-refractivity contribution is 5.95. The van der Waals surface area contributed by atoms with Crippen molar-refractivity contribution in [1.29, 1.82) is 0 Å². The Morgan fingerprint density at radius 2 is 1.95 bits per heavy atom. The first-order chi connectivity index (χ1) is 9.43. The monoisotopic (exact) mass is 313 g/mol. The molecule has 6 heteroatoms. The Hall–Kier alpha value is -1.59. The van der Waals surface area contributed by atoms with Crippen molar-refractivity contribution in [3.8, 4) is 0 Å². The predicted octanol–water partition coefficient (Wildman–Crippen LogP) is 1.71. The lowest BCUT2D eigenvalue weighted by Gasteiger charge is -2.15. The molecule has 0 bridgehead atoms. The van der Waals surface area contributed by atoms with E-state index >= 15 is 0 Å². The molecule has 0 aliphatic rings. The molecular weight excluding hydrogens is 290 g/mol. The van der Waals surface area contributed by atoms with E-state index in [0.717, 1.165) is 17.7 Å². The number of carbonyl (C=O) groups excluding carboxylic acids is 2. The van der Waals surface area contributed by atoms with Crippen molar-refractivity contribution in [3.63, 3.8) is 0 Å². The summed E-state index contributed by atoms with van der Waals surface area (Å²) in [6.45, 7) is 5.70. The Kier molecular flexibility index (Phi) is 8.66. The Labute approximate surface area is 132 Å². The standard InChI is InChI=1S/C15H23N3O2.ClH/c1-4-11-6-5-7-12(8-11)18-13(19)9-17-15(20)14(16)10(2)3;/h5-8,10,14H,4,9,16H2,1-3H3,(H,17,20)(H,18,19);1H/t14-;/m0./s1. The summed E-state index contributed by atoms with van der Waals surface area (Å²) in [5.74, 6) is -0.528. The van der Waals surface area contributed by atoms with Gasteiger partial charge in [-0.05, 0) is 30.0 Å². The summed E-state index contributed by atoms with van der Waals surface area (Å²) in [6.07, 6.45) is 0.906. The molecule has 0 radical (unpaired) electrons. The molecule has 1 aromatic rings. The van der Waals surface area contributed by atoms with E-state index in [9.17, 15) is 9.59 Å². The molecule has 0 fully saturated rings. The quantitative estimate of drug-likeness (QED) is 0.747. The number of rotatable bonds is 6. The molecule has 0 aliphatic carbocycles. The Morgan fingerprint density at radius 1 is 1.29 bits per heavy atom. The van der Waals surface area contributed by atoms with Gasteiger partial charge in [0, 0.05) is 5.69 Å². The number of benzene rings is 1. The molecular formula is C15H24ClN3O2. The summed E-state index contributed by atoms with van der Waals surface area (Å²) in [6, 6.07) is 7.03. The van der Waals surface area contributed by atoms with Crippen LogP contribution in [-0.2, 0) is 16.0 Å². The third-order valence-corrected chi connectivity index (χ3v) is 3.06. The van der Waals surface area contributed by atoms with Gasteiger partial charge in [0.1, 0.15) is 0 Å². The number of hydrogen-bond acceptors (Lipinski definition) is 3. The summed E-state index contributed by atoms with van der Waals surface area (Å²) in [4.78, 5) is 23.4. The van der Waals surface area contributed by atoms with E-state index in [1.807, 2.05) is 38.1 Å². The minimum absolute atomic E-state index is 0. The van der Waals surface area contributed by atoms with Crippen LogP contribution in [0.5, 0.6) is 0 Å². The zero-order valence-electron chi connectivity index (χ0n) is 12.7. The largest absolute Gasteiger partial charge is 0.346 e. The van der Waals surface area contributed by atoms with Gasteiger partial charge in [-0.15, -0.1) is 12.4 Å². The van der Waals surface area contributed by atoms with Gasteiger partial charge in [0.15, 0.2) is 0 Å². The maximum Gasteiger partial charge on any atom is 0.243 e. The first-order valence-electron chi connectivity index (χ1n) is 6.86. The van der Waals surface area contributed by atoms with Crippen LogP contribution in [0.1, 0.15) is 26.3 Å². The van der Waals surface area contributed by atoms with Gasteiger partial charge in [0.25, 0.3) is 0 Å². The van der Waals surface area contributed by atoms with Gasteiger partial charge in [-0.2, -0.15) is 0 Å². The minimum Gasteiger partial charge on any atom is -0.346 e. The van der Waals surface area contributed by atoms with Crippen molar-refractivity contribution in [1.82, 2.24) is 5.32 Å². The first-order valence-corrected chi connectivity index (χ1v) is 6.86. The highest BCUT2D eigenvalue weighted by Crippen LogP contribution is 2.10. The van der Waals surface area contributed by atoms with Gasteiger partial charge in [-0.1, -0.05) is 32.9 Å². The molecule has 0 saturated carbocycles. The van der Waals surface area contributed by atoms with Gasteiger partial charge in [0.2, 0.25) is 11.8 Å². The minimum atomic E-state index is -0.591. The zero-order valence-corrected chi connectivity index (χ0v) is 13.5. The second-order valence-corrected chi connectivity index (χ2v) is 5.09. The molecule has 2 amide bonds. The third-order valence-electron chi connectivity index (χ3n) is 3.06. The Balaban J connectivity index is 0.00000400. The van der Waals surface area contributed by atoms with Gasteiger partial charge in [-0.25, -0.2) is 0 Å². The van der Waals surface area contributed by atoms with Crippen molar-refractivity contribution in [2.24, 2.45) is 11.7 Å². The third kappa shape index (κ3) is 6.60. The fourth-order valence-electron chi connectivity index (χ4n) is 1.66. The highest BCUT2D eigenvalue weighted by atomic mass is 35.5. The second kappa shape index (κ2) is 9.37. The van der Waals surface area contributed by atoms with Crippen LogP contribution >= 0.6 is 12.4 Å². The predicted molar refractivity (Wildman–Crippen MR) is 87.5 cm³/mol. The molecule has 0 spiro atoms. The molecule has 1 atom stereocenters. The molecule has 1 rings (SSSR count). The number of aryl methyl sites for hydroxylation is 1. The van der Waals surface area contributed by atoms with Crippen LogP contribution in [0.2, 0.25) is 0 Å². The molecule has 4 N–H and O–H groups in total. The summed E-state index contributed by atoms with van der Waals surface area (Å²) >= 11 is 0. The normalized spacial score (nSPS) is 11.5. The lowest BCUT2D eigenvalue weighted by atomic mass is 10.1. The topological polar surface area (TPSA) is 84.2 Å². The molecule has 5 nitrogen and oxygen atoms in total. The average Bonchev–Trinajstić information content (AvgIpc) is 2.43. The number of nitrogens with one attached hydrogen (secondary N) is 2. The molecule has 0 aromatic heterocycles. The second-order valence-electron chi connectivity index (χ2n) is 5.09. The van der Waals surface area contributed by atoms with E-state index in [4.69, 9.17) is 5.73 Å². The van der Waals surface area contributed by atoms with E-state index in [-0.39, 0.29) is 36.7 Å². The molecule has 1 aromatic carbocycles. The smallest absolute Gasteiger partial charge is 0.243 e. The van der Waals surface area contributed by atoms with Gasteiger partial charge in [-0.3, -0.25) is 9.59 Å². The van der Waals surface area contributed by atoms with Crippen LogP contribution in [0.25, 0.3) is 0 Å². The number of nitrogens with two attached hydrogens (primary N) is 1. The van der Waals surface area contributed by atoms with Gasteiger partial charge in [0.05, 0.1) is 12.6 Å². The van der Waals surface area contributed by atoms with Crippen molar-refractivity contribution in [2.45, 2.75) is 33.2 Å². The number of anilines is 1. The SMILES string of the molecule is CCc1cccc(NC(=O)CNC(=O)[C@@H](N)C(C)C)c1.Cl. The van der Waals surface area contributed by atoms with Gasteiger partial charge >= 0.3 is 0 Å². The lowest BCUT2D eigenvalue weighted by molar-refractivity contribution is -0.125. The highest BCUT2D eigenvalue weighted by Gasteiger charge is 2.17. The van der Waals surface area contributed by atoms with Crippen LogP contribution in [-0.4, -0.2) is 24.4 Å². The van der Waals surface area contributed by atoms with Crippen LogP contribution in [0.4, 0.5) is 5.69 Å². The van der Waals surface area contributed by atoms with Crippen molar-refractivity contribution >= 4 is 29.9 Å². The van der Waals surface area contributed by atoms with E-state index in [1.54, 1.807) is 0 Å². The van der Waals surface area contributed by atoms with E-state index < -0.39 is 6.04 Å². The van der Waals surface area contributed by atoms with E-state index in [1.165, 1.54) is 0 Å². The molecule has 0 aliphatic heterocycles. The van der Waals surface area contributed by atoms with Crippen molar-refractivity contribution in [3.05, 3.63) is 29.8 Å². The van der Waals surface area contributed by atoms with Gasteiger partial charge < -0.3 is 16.4 Å². The van der Waals surface area contributed by atoms with Crippen LogP contribution < -0.4 is 16.4 Å². The van der Waals surface area contributed by atoms with Crippen molar-refractivity contribution in [2.75, 3.05) is 11.9 Å². The summed E-state index contributed by atoms with van der Waals surface area (Å²) in [7, 11) is 0. The molecule has 21 heavy (non-hydrogen) atoms. The zero-order chi connectivity index (χ0) is 15.1. The fraction of sp³-hybridized carbons (Fsp3) is 0.467. The maximum atomic E-state index is 11.7. The lowest BCUT2D eigenvalue weighted by Crippen LogP contribution is -2.46. The van der Waals surface area contributed by atoms with Crippen LogP contribution in [0.3, 0.4) is 0 Å². The van der Waals surface area contributed by atoms with Crippen LogP contribution in [0, 0.1) is 5.92 Å². The average molecular weight is 314 g/mol. The Morgan fingerprint density at radius 3 is 2.52 bits per heavy atom. The van der Waals surface area contributed by atoms with E-state index in [0.29, 0.717) is 0 Å². The summed E-state index contributed by atoms with van der Waals surface area (Å²) in [5.41, 5.74) is 7.57. The van der Waals surface area contributed by atoms with E-state index in [2.05, 4.69) is 17.6 Å². The first kappa shape index (κ1) is 19.4. The summed E-state index contributed by atoms with van der Waals surface area (Å²) in [5, 5.41) is 5.28. The number of hydrogen-bond donors (Lipinski definition) is 3. The Bertz CT molecular complexity index is 478. The summed E-state index contributed by atoms with van der Waals surface area (Å²) < 4.78 is 0. The van der Waals surface area contributed by atoms with Crippen LogP contribution in [0.15, 0.2) is 24.3 Å². The van der Waals surface area contributed by atoms with Crippen molar-refractivity contribution < 1.29 is 9.59 Å². The molecule has 0 heterocycles.